The zero-order valence-corrected chi connectivity index (χ0v) is 15.8. The van der Waals surface area contributed by atoms with Gasteiger partial charge in [-0.25, -0.2) is 0 Å². The van der Waals surface area contributed by atoms with E-state index < -0.39 is 0 Å². The molecule has 2 aromatic heterocycles. The van der Waals surface area contributed by atoms with E-state index in [9.17, 15) is 9.59 Å². The Balaban J connectivity index is 1.48. The van der Waals surface area contributed by atoms with E-state index >= 15 is 0 Å². The van der Waals surface area contributed by atoms with Crippen LogP contribution in [-0.4, -0.2) is 48.8 Å². The number of aromatic nitrogens is 4. The summed E-state index contributed by atoms with van der Waals surface area (Å²) < 4.78 is 1.94. The third kappa shape index (κ3) is 3.22. The first-order valence-electron chi connectivity index (χ1n) is 8.73. The second-order valence-corrected chi connectivity index (χ2v) is 7.17. The lowest BCUT2D eigenvalue weighted by Gasteiger charge is -2.13. The van der Waals surface area contributed by atoms with E-state index in [1.807, 2.05) is 16.7 Å². The molecule has 4 rings (SSSR count). The summed E-state index contributed by atoms with van der Waals surface area (Å²) in [5, 5.41) is 9.24. The number of pyridine rings is 1. The summed E-state index contributed by atoms with van der Waals surface area (Å²) in [5.74, 6) is 0.735. The first kappa shape index (κ1) is 18.1. The lowest BCUT2D eigenvalue weighted by Crippen LogP contribution is -2.31. The van der Waals surface area contributed by atoms with Gasteiger partial charge in [0.2, 0.25) is 0 Å². The molecule has 2 amide bonds. The molecule has 7 nitrogen and oxygen atoms in total. The molecular formula is C20H17N5O2S. The maximum atomic E-state index is 12.5. The summed E-state index contributed by atoms with van der Waals surface area (Å²) in [4.78, 5) is 30.3. The molecule has 3 aromatic rings. The highest BCUT2D eigenvalue weighted by Gasteiger charge is 2.34. The number of carbonyl (C=O) groups excluding carboxylic acids is 2. The molecule has 0 N–H and O–H groups in total. The molecule has 0 bridgehead atoms. The van der Waals surface area contributed by atoms with Crippen LogP contribution in [0.3, 0.4) is 0 Å². The third-order valence-electron chi connectivity index (χ3n) is 4.37. The van der Waals surface area contributed by atoms with Crippen LogP contribution in [0.25, 0.3) is 11.4 Å². The maximum absolute atomic E-state index is 12.5. The highest BCUT2D eigenvalue weighted by Crippen LogP contribution is 2.26. The smallest absolute Gasteiger partial charge is 0.261 e. The SMILES string of the molecule is C=CCn1c(SCCN2C(=O)c3ccccc3C2=O)nnc1-c1cccnc1. The zero-order valence-electron chi connectivity index (χ0n) is 15.0. The van der Waals surface area contributed by atoms with Gasteiger partial charge in [0.1, 0.15) is 0 Å². The van der Waals surface area contributed by atoms with Gasteiger partial charge >= 0.3 is 0 Å². The van der Waals surface area contributed by atoms with Crippen molar-refractivity contribution in [2.75, 3.05) is 12.3 Å². The number of carbonyl (C=O) groups is 2. The van der Waals surface area contributed by atoms with E-state index in [1.54, 1.807) is 42.7 Å². The monoisotopic (exact) mass is 391 g/mol. The Morgan fingerprint density at radius 2 is 1.79 bits per heavy atom. The molecule has 8 heteroatoms. The molecule has 0 spiro atoms. The molecule has 0 radical (unpaired) electrons. The van der Waals surface area contributed by atoms with Crippen molar-refractivity contribution in [2.45, 2.75) is 11.7 Å². The number of nitrogens with zero attached hydrogens (tertiary/aromatic N) is 5. The topological polar surface area (TPSA) is 81.0 Å². The number of thioether (sulfide) groups is 1. The number of amides is 2. The van der Waals surface area contributed by atoms with Gasteiger partial charge in [0.15, 0.2) is 11.0 Å². The zero-order chi connectivity index (χ0) is 19.5. The molecule has 28 heavy (non-hydrogen) atoms. The minimum Gasteiger partial charge on any atom is -0.298 e. The molecule has 1 aliphatic heterocycles. The normalized spacial score (nSPS) is 13.1. The quantitative estimate of drug-likeness (QED) is 0.350. The van der Waals surface area contributed by atoms with Gasteiger partial charge in [0.05, 0.1) is 11.1 Å². The minimum atomic E-state index is -0.246. The standard InChI is InChI=1S/C20H17N5O2S/c1-2-10-24-17(14-6-5-9-21-13-14)22-23-20(24)28-12-11-25-18(26)15-7-3-4-8-16(15)19(25)27/h2-9,13H,1,10-12H2. The van der Waals surface area contributed by atoms with Gasteiger partial charge in [0, 0.05) is 36.8 Å². The first-order valence-corrected chi connectivity index (χ1v) is 9.72. The fraction of sp³-hybridized carbons (Fsp3) is 0.150. The predicted molar refractivity (Wildman–Crippen MR) is 106 cm³/mol. The van der Waals surface area contributed by atoms with Crippen molar-refractivity contribution in [1.82, 2.24) is 24.6 Å². The Labute approximate surface area is 166 Å². The summed E-state index contributed by atoms with van der Waals surface area (Å²) in [5.41, 5.74) is 1.79. The lowest BCUT2D eigenvalue weighted by molar-refractivity contribution is 0.0664. The van der Waals surface area contributed by atoms with Gasteiger partial charge in [-0.05, 0) is 24.3 Å². The van der Waals surface area contributed by atoms with Gasteiger partial charge in [-0.2, -0.15) is 0 Å². The highest BCUT2D eigenvalue weighted by molar-refractivity contribution is 7.99. The summed E-state index contributed by atoms with van der Waals surface area (Å²) in [6, 6.07) is 10.7. The Hall–Kier alpha value is -3.26. The summed E-state index contributed by atoms with van der Waals surface area (Å²) >= 11 is 1.45. The van der Waals surface area contributed by atoms with E-state index in [1.165, 1.54) is 16.7 Å². The average Bonchev–Trinajstić information content (AvgIpc) is 3.23. The van der Waals surface area contributed by atoms with Crippen molar-refractivity contribution in [3.8, 4) is 11.4 Å². The van der Waals surface area contributed by atoms with E-state index in [-0.39, 0.29) is 11.8 Å². The maximum Gasteiger partial charge on any atom is 0.261 e. The molecule has 0 saturated heterocycles. The van der Waals surface area contributed by atoms with Gasteiger partial charge in [0.25, 0.3) is 11.8 Å². The molecule has 0 aliphatic carbocycles. The van der Waals surface area contributed by atoms with E-state index in [0.29, 0.717) is 41.0 Å². The molecule has 0 fully saturated rings. The molecule has 140 valence electrons. The molecule has 0 saturated carbocycles. The summed E-state index contributed by atoms with van der Waals surface area (Å²) in [7, 11) is 0. The van der Waals surface area contributed by atoms with Gasteiger partial charge in [-0.15, -0.1) is 16.8 Å². The summed E-state index contributed by atoms with van der Waals surface area (Å²) in [6.07, 6.45) is 5.21. The van der Waals surface area contributed by atoms with Crippen LogP contribution in [0.2, 0.25) is 0 Å². The number of benzene rings is 1. The van der Waals surface area contributed by atoms with Crippen molar-refractivity contribution < 1.29 is 9.59 Å². The molecular weight excluding hydrogens is 374 g/mol. The Morgan fingerprint density at radius 1 is 1.04 bits per heavy atom. The van der Waals surface area contributed by atoms with Crippen LogP contribution in [0.5, 0.6) is 0 Å². The Morgan fingerprint density at radius 3 is 2.43 bits per heavy atom. The number of fused-ring (bicyclic) bond motifs is 1. The Bertz CT molecular complexity index is 1010. The number of hydrogen-bond donors (Lipinski definition) is 0. The minimum absolute atomic E-state index is 0.246. The van der Waals surface area contributed by atoms with Crippen LogP contribution < -0.4 is 0 Å². The molecule has 1 aliphatic rings. The van der Waals surface area contributed by atoms with Crippen molar-refractivity contribution in [3.05, 3.63) is 72.6 Å². The van der Waals surface area contributed by atoms with Crippen molar-refractivity contribution in [3.63, 3.8) is 0 Å². The molecule has 3 heterocycles. The van der Waals surface area contributed by atoms with Crippen LogP contribution in [0.1, 0.15) is 20.7 Å². The number of hydrogen-bond acceptors (Lipinski definition) is 6. The fourth-order valence-corrected chi connectivity index (χ4v) is 3.94. The fourth-order valence-electron chi connectivity index (χ4n) is 3.07. The average molecular weight is 391 g/mol. The second-order valence-electron chi connectivity index (χ2n) is 6.10. The molecule has 0 unspecified atom stereocenters. The largest absolute Gasteiger partial charge is 0.298 e. The number of allylic oxidation sites excluding steroid dienone is 1. The summed E-state index contributed by atoms with van der Waals surface area (Å²) in [6.45, 7) is 4.65. The van der Waals surface area contributed by atoms with Crippen molar-refractivity contribution in [2.24, 2.45) is 0 Å². The van der Waals surface area contributed by atoms with Crippen LogP contribution in [-0.2, 0) is 6.54 Å². The van der Waals surface area contributed by atoms with E-state index in [0.717, 1.165) is 5.56 Å². The van der Waals surface area contributed by atoms with Crippen LogP contribution in [0, 0.1) is 0 Å². The van der Waals surface area contributed by atoms with E-state index in [4.69, 9.17) is 0 Å². The Kier molecular flexibility index (Phi) is 5.03. The number of rotatable bonds is 7. The third-order valence-corrected chi connectivity index (χ3v) is 5.32. The second kappa shape index (κ2) is 7.77. The molecule has 0 atom stereocenters. The van der Waals surface area contributed by atoms with Gasteiger partial charge < -0.3 is 0 Å². The van der Waals surface area contributed by atoms with Crippen LogP contribution in [0.4, 0.5) is 0 Å². The first-order chi connectivity index (χ1) is 13.7. The van der Waals surface area contributed by atoms with Gasteiger partial charge in [-0.3, -0.25) is 24.0 Å². The van der Waals surface area contributed by atoms with Crippen LogP contribution in [0.15, 0.2) is 66.6 Å². The van der Waals surface area contributed by atoms with Crippen molar-refractivity contribution >= 4 is 23.6 Å². The predicted octanol–water partition coefficient (Wildman–Crippen LogP) is 2.91. The van der Waals surface area contributed by atoms with Crippen LogP contribution >= 0.6 is 11.8 Å². The van der Waals surface area contributed by atoms with Gasteiger partial charge in [-0.1, -0.05) is 30.0 Å². The molecule has 1 aromatic carbocycles. The highest BCUT2D eigenvalue weighted by atomic mass is 32.2. The lowest BCUT2D eigenvalue weighted by atomic mass is 10.1. The number of imide groups is 1. The van der Waals surface area contributed by atoms with E-state index in [2.05, 4.69) is 21.8 Å². The van der Waals surface area contributed by atoms with Crippen molar-refractivity contribution in [1.29, 1.82) is 0 Å².